The molecule has 2 rings (SSSR count). The third-order valence-electron chi connectivity index (χ3n) is 4.88. The van der Waals surface area contributed by atoms with Gasteiger partial charge in [-0.2, -0.15) is 0 Å². The van der Waals surface area contributed by atoms with Crippen LogP contribution in [0, 0.1) is 25.2 Å². The molecule has 2 unspecified atom stereocenters. The van der Waals surface area contributed by atoms with E-state index in [0.717, 1.165) is 6.42 Å². The Labute approximate surface area is 118 Å². The molecule has 0 spiro atoms. The highest BCUT2D eigenvalue weighted by atomic mass is 14.8. The summed E-state index contributed by atoms with van der Waals surface area (Å²) in [7, 11) is 0. The van der Waals surface area contributed by atoms with Gasteiger partial charge in [0, 0.05) is 5.54 Å². The van der Waals surface area contributed by atoms with Crippen LogP contribution in [0.4, 0.5) is 0 Å². The lowest BCUT2D eigenvalue weighted by atomic mass is 9.59. The van der Waals surface area contributed by atoms with Crippen LogP contribution in [0.1, 0.15) is 63.1 Å². The van der Waals surface area contributed by atoms with Gasteiger partial charge >= 0.3 is 0 Å². The van der Waals surface area contributed by atoms with Crippen molar-refractivity contribution in [2.75, 3.05) is 0 Å². The minimum absolute atomic E-state index is 0.145. The van der Waals surface area contributed by atoms with E-state index in [0.29, 0.717) is 5.92 Å². The van der Waals surface area contributed by atoms with Crippen molar-refractivity contribution in [3.8, 4) is 0 Å². The van der Waals surface area contributed by atoms with Crippen LogP contribution >= 0.6 is 0 Å². The first-order valence-corrected chi connectivity index (χ1v) is 7.62. The molecule has 2 N–H and O–H groups in total. The maximum atomic E-state index is 6.96. The largest absolute Gasteiger partial charge is 0.321 e. The van der Waals surface area contributed by atoms with Crippen molar-refractivity contribution in [3.05, 3.63) is 34.9 Å². The van der Waals surface area contributed by atoms with Crippen molar-refractivity contribution in [3.63, 3.8) is 0 Å². The summed E-state index contributed by atoms with van der Waals surface area (Å²) in [5, 5.41) is 0. The molecule has 19 heavy (non-hydrogen) atoms. The Morgan fingerprint density at radius 2 is 1.84 bits per heavy atom. The Bertz CT molecular complexity index is 455. The van der Waals surface area contributed by atoms with E-state index in [4.69, 9.17) is 5.73 Å². The highest BCUT2D eigenvalue weighted by Crippen LogP contribution is 2.48. The summed E-state index contributed by atoms with van der Waals surface area (Å²) in [4.78, 5) is 0. The third-order valence-corrected chi connectivity index (χ3v) is 4.88. The van der Waals surface area contributed by atoms with Crippen LogP contribution in [-0.4, -0.2) is 0 Å². The van der Waals surface area contributed by atoms with Crippen LogP contribution in [0.2, 0.25) is 0 Å². The van der Waals surface area contributed by atoms with Gasteiger partial charge in [0.05, 0.1) is 0 Å². The highest BCUT2D eigenvalue weighted by Gasteiger charge is 2.44. The van der Waals surface area contributed by atoms with E-state index in [1.54, 1.807) is 0 Å². The topological polar surface area (TPSA) is 26.0 Å². The number of nitrogens with two attached hydrogens (primary N) is 1. The zero-order valence-electron chi connectivity index (χ0n) is 13.2. The molecule has 1 heteroatoms. The molecule has 1 aliphatic carbocycles. The second kappa shape index (κ2) is 4.94. The van der Waals surface area contributed by atoms with Crippen molar-refractivity contribution >= 4 is 0 Å². The van der Waals surface area contributed by atoms with Crippen LogP contribution in [0.15, 0.2) is 18.2 Å². The van der Waals surface area contributed by atoms with E-state index in [1.165, 1.54) is 36.0 Å². The molecule has 0 amide bonds. The van der Waals surface area contributed by atoms with Crippen LogP contribution in [0.25, 0.3) is 0 Å². The van der Waals surface area contributed by atoms with E-state index in [1.807, 2.05) is 0 Å². The Morgan fingerprint density at radius 3 is 2.42 bits per heavy atom. The summed E-state index contributed by atoms with van der Waals surface area (Å²) >= 11 is 0. The van der Waals surface area contributed by atoms with Crippen LogP contribution in [0.3, 0.4) is 0 Å². The molecule has 2 atom stereocenters. The molecule has 106 valence electrons. The number of hydrogen-bond donors (Lipinski definition) is 1. The predicted octanol–water partition coefficient (Wildman–Crippen LogP) is 4.69. The van der Waals surface area contributed by atoms with E-state index < -0.39 is 0 Å². The Morgan fingerprint density at radius 1 is 1.16 bits per heavy atom. The summed E-state index contributed by atoms with van der Waals surface area (Å²) in [6.45, 7) is 11.4. The first-order chi connectivity index (χ1) is 8.75. The normalized spacial score (nSPS) is 28.4. The predicted molar refractivity (Wildman–Crippen MR) is 83.2 cm³/mol. The second-order valence-electron chi connectivity index (χ2n) is 7.52. The van der Waals surface area contributed by atoms with Gasteiger partial charge in [-0.25, -0.2) is 0 Å². The van der Waals surface area contributed by atoms with Crippen molar-refractivity contribution in [1.82, 2.24) is 0 Å². The molecule has 0 aliphatic heterocycles. The lowest BCUT2D eigenvalue weighted by Gasteiger charge is -2.49. The summed E-state index contributed by atoms with van der Waals surface area (Å²) in [5.41, 5.74) is 11.1. The molecule has 1 aromatic carbocycles. The fourth-order valence-corrected chi connectivity index (χ4v) is 4.06. The Hall–Kier alpha value is -0.820. The standard InChI is InChI=1S/C18H29N/c1-13-9-10-15(14(2)12-13)18(19)11-7-6-8-16(18)17(3,4)5/h9-10,12,16H,6-8,11,19H2,1-5H3. The molecule has 0 aromatic heterocycles. The monoisotopic (exact) mass is 259 g/mol. The molecule has 1 nitrogen and oxygen atoms in total. The quantitative estimate of drug-likeness (QED) is 0.777. The van der Waals surface area contributed by atoms with Gasteiger partial charge in [0.2, 0.25) is 0 Å². The van der Waals surface area contributed by atoms with Crippen LogP contribution in [0.5, 0.6) is 0 Å². The zero-order chi connectivity index (χ0) is 14.3. The number of aryl methyl sites for hydroxylation is 2. The molecular formula is C18H29N. The van der Waals surface area contributed by atoms with Crippen molar-refractivity contribution in [2.45, 2.75) is 65.8 Å². The van der Waals surface area contributed by atoms with Gasteiger partial charge < -0.3 is 5.73 Å². The third kappa shape index (κ3) is 2.72. The van der Waals surface area contributed by atoms with Gasteiger partial charge in [0.25, 0.3) is 0 Å². The SMILES string of the molecule is Cc1ccc(C2(N)CCCCC2C(C)(C)C)c(C)c1. The van der Waals surface area contributed by atoms with Gasteiger partial charge in [0.15, 0.2) is 0 Å². The van der Waals surface area contributed by atoms with E-state index in [9.17, 15) is 0 Å². The van der Waals surface area contributed by atoms with Gasteiger partial charge in [-0.1, -0.05) is 57.4 Å². The number of rotatable bonds is 1. The molecule has 0 bridgehead atoms. The van der Waals surface area contributed by atoms with Gasteiger partial charge in [0.1, 0.15) is 0 Å². The fraction of sp³-hybridized carbons (Fsp3) is 0.667. The minimum Gasteiger partial charge on any atom is -0.321 e. The van der Waals surface area contributed by atoms with Crippen LogP contribution in [-0.2, 0) is 5.54 Å². The number of hydrogen-bond acceptors (Lipinski definition) is 1. The maximum absolute atomic E-state index is 6.96. The van der Waals surface area contributed by atoms with E-state index in [-0.39, 0.29) is 11.0 Å². The maximum Gasteiger partial charge on any atom is 0.0445 e. The number of benzene rings is 1. The van der Waals surface area contributed by atoms with Crippen molar-refractivity contribution < 1.29 is 0 Å². The van der Waals surface area contributed by atoms with E-state index >= 15 is 0 Å². The van der Waals surface area contributed by atoms with Crippen LogP contribution < -0.4 is 5.73 Å². The molecular weight excluding hydrogens is 230 g/mol. The van der Waals surface area contributed by atoms with Gasteiger partial charge in [-0.3, -0.25) is 0 Å². The minimum atomic E-state index is -0.145. The fourth-order valence-electron chi connectivity index (χ4n) is 4.06. The molecule has 1 aromatic rings. The van der Waals surface area contributed by atoms with Crippen molar-refractivity contribution in [1.29, 1.82) is 0 Å². The molecule has 0 heterocycles. The second-order valence-corrected chi connectivity index (χ2v) is 7.52. The smallest absolute Gasteiger partial charge is 0.0445 e. The molecule has 1 saturated carbocycles. The van der Waals surface area contributed by atoms with Crippen molar-refractivity contribution in [2.24, 2.45) is 17.1 Å². The molecule has 1 fully saturated rings. The average molecular weight is 259 g/mol. The zero-order valence-corrected chi connectivity index (χ0v) is 13.2. The van der Waals surface area contributed by atoms with E-state index in [2.05, 4.69) is 52.8 Å². The first-order valence-electron chi connectivity index (χ1n) is 7.62. The summed E-state index contributed by atoms with van der Waals surface area (Å²) in [5.74, 6) is 0.565. The highest BCUT2D eigenvalue weighted by molar-refractivity contribution is 5.37. The molecule has 0 radical (unpaired) electrons. The lowest BCUT2D eigenvalue weighted by molar-refractivity contribution is 0.0774. The lowest BCUT2D eigenvalue weighted by Crippen LogP contribution is -2.51. The molecule has 1 aliphatic rings. The van der Waals surface area contributed by atoms with Gasteiger partial charge in [-0.15, -0.1) is 0 Å². The summed E-state index contributed by atoms with van der Waals surface area (Å²) < 4.78 is 0. The first kappa shape index (κ1) is 14.6. The Kier molecular flexibility index (Phi) is 3.79. The summed E-state index contributed by atoms with van der Waals surface area (Å²) in [6.07, 6.45) is 4.97. The average Bonchev–Trinajstić information content (AvgIpc) is 2.27. The summed E-state index contributed by atoms with van der Waals surface area (Å²) in [6, 6.07) is 6.76. The molecule has 0 saturated heterocycles. The Balaban J connectivity index is 2.48. The van der Waals surface area contributed by atoms with Gasteiger partial charge in [-0.05, 0) is 49.1 Å².